The molecule has 10 rings (SSSR count). The smallest absolute Gasteiger partial charge is 0.200 e. The summed E-state index contributed by atoms with van der Waals surface area (Å²) < 4.78 is 30.8. The van der Waals surface area contributed by atoms with Gasteiger partial charge in [-0.2, -0.15) is 0 Å². The van der Waals surface area contributed by atoms with Gasteiger partial charge in [-0.15, -0.1) is 0 Å². The fourth-order valence-corrected chi connectivity index (χ4v) is 11.2. The van der Waals surface area contributed by atoms with Gasteiger partial charge in [-0.3, -0.25) is 5.32 Å². The van der Waals surface area contributed by atoms with E-state index in [0.29, 0.717) is 64.3 Å². The zero-order valence-electron chi connectivity index (χ0n) is 35.3. The Bertz CT molecular complexity index is 2610. The number of methoxy groups -OCH3 is 2. The van der Waals surface area contributed by atoms with Crippen molar-refractivity contribution in [3.63, 3.8) is 0 Å². The highest BCUT2D eigenvalue weighted by Crippen LogP contribution is 2.58. The number of hydrogen-bond acceptors (Lipinski definition) is 11. The van der Waals surface area contributed by atoms with Crippen LogP contribution in [0.2, 0.25) is 0 Å². The second-order valence-corrected chi connectivity index (χ2v) is 17.3. The standard InChI is InChI=1S/C51H54N2O9/c1-4-52-27-62-41-21-39(58-2)35-14-15-36-44-38(53-50(57)47(41)46(35)44)20-40-45(36)48(55)37(26-61-40)30-18-42(59-3)49(56)43(19-30)60-25-34(24-54)51(33-12-6-5-7-13-33)22-31-16-28-10-8-9-11-29(28)17-32(31)23-51/h5-13,16-21,31-32,34,37,48,50,52-57H,4,14-15,22-27H2,1-3H3/t31-,32+,34-,37+,48+,50+,51?/m1/s1. The Morgan fingerprint density at radius 2 is 1.50 bits per heavy atom. The van der Waals surface area contributed by atoms with E-state index in [1.807, 2.05) is 25.1 Å². The Morgan fingerprint density at radius 3 is 2.19 bits per heavy atom. The normalized spacial score (nSPS) is 24.1. The van der Waals surface area contributed by atoms with Crippen LogP contribution in [0.5, 0.6) is 34.5 Å². The number of aliphatic hydroxyl groups is 3. The van der Waals surface area contributed by atoms with Gasteiger partial charge in [-0.05, 0) is 83.3 Å². The van der Waals surface area contributed by atoms with Gasteiger partial charge < -0.3 is 49.4 Å². The number of fused-ring (bicyclic) bond motifs is 4. The molecule has 0 bridgehead atoms. The SMILES string of the molecule is CCNCOc1cc(OC)c2c3c1[C@H](O)Nc1cc4c(c(c1-3)CC2)[C@@H](O)[C@H](c1cc(OC)c(O)c(OC[C@@H](CO)C2(c3ccccc3)C[C@H]3C=c5ccccc5=C[C@H]3C2)c1)CO4. The fraction of sp³-hybridized carbons (Fsp3) is 0.373. The van der Waals surface area contributed by atoms with Gasteiger partial charge >= 0.3 is 0 Å². The first-order valence-corrected chi connectivity index (χ1v) is 21.8. The third-order valence-electron chi connectivity index (χ3n) is 14.2. The predicted octanol–water partition coefficient (Wildman–Crippen LogP) is 5.97. The monoisotopic (exact) mass is 838 g/mol. The molecule has 1 unspecified atom stereocenters. The van der Waals surface area contributed by atoms with Crippen LogP contribution in [-0.4, -0.2) is 67.7 Å². The number of ether oxygens (including phenoxy) is 5. The van der Waals surface area contributed by atoms with Crippen molar-refractivity contribution >= 4 is 17.8 Å². The predicted molar refractivity (Wildman–Crippen MR) is 236 cm³/mol. The first-order valence-electron chi connectivity index (χ1n) is 21.8. The molecular formula is C51H54N2O9. The van der Waals surface area contributed by atoms with Gasteiger partial charge in [0.05, 0.1) is 39.1 Å². The first kappa shape index (κ1) is 40.4. The lowest BCUT2D eigenvalue weighted by Gasteiger charge is -2.39. The molecule has 62 heavy (non-hydrogen) atoms. The molecule has 5 aliphatic rings. The molecule has 11 nitrogen and oxygen atoms in total. The van der Waals surface area contributed by atoms with Gasteiger partial charge in [0, 0.05) is 63.9 Å². The number of nitrogens with one attached hydrogen (secondary N) is 2. The molecule has 0 saturated heterocycles. The summed E-state index contributed by atoms with van der Waals surface area (Å²) in [5.41, 5.74) is 7.15. The highest BCUT2D eigenvalue weighted by molar-refractivity contribution is 5.93. The number of aromatic hydroxyl groups is 1. The highest BCUT2D eigenvalue weighted by atomic mass is 16.5. The van der Waals surface area contributed by atoms with Crippen molar-refractivity contribution in [2.45, 2.75) is 56.3 Å². The van der Waals surface area contributed by atoms with E-state index in [1.54, 1.807) is 19.2 Å². The molecule has 5 aromatic rings. The molecule has 1 fully saturated rings. The van der Waals surface area contributed by atoms with E-state index >= 15 is 0 Å². The molecule has 5 aromatic carbocycles. The summed E-state index contributed by atoms with van der Waals surface area (Å²) in [7, 11) is 3.14. The van der Waals surface area contributed by atoms with Gasteiger partial charge in [0.1, 0.15) is 24.0 Å². The maximum atomic E-state index is 12.5. The average Bonchev–Trinajstić information content (AvgIpc) is 3.67. The lowest BCUT2D eigenvalue weighted by atomic mass is 9.68. The molecule has 7 atom stereocenters. The van der Waals surface area contributed by atoms with Crippen LogP contribution in [-0.2, 0) is 18.3 Å². The maximum Gasteiger partial charge on any atom is 0.200 e. The number of phenols is 1. The largest absolute Gasteiger partial charge is 0.502 e. The molecule has 0 radical (unpaired) electrons. The Kier molecular flexibility index (Phi) is 10.5. The Labute approximate surface area is 361 Å². The molecule has 2 heterocycles. The fourth-order valence-electron chi connectivity index (χ4n) is 11.2. The Hall–Kier alpha value is -5.72. The molecule has 0 aromatic heterocycles. The zero-order chi connectivity index (χ0) is 42.7. The van der Waals surface area contributed by atoms with E-state index in [1.165, 1.54) is 23.1 Å². The summed E-state index contributed by atoms with van der Waals surface area (Å²) in [4.78, 5) is 0. The summed E-state index contributed by atoms with van der Waals surface area (Å²) in [6.07, 6.45) is 5.70. The highest BCUT2D eigenvalue weighted by Gasteiger charge is 2.50. The average molecular weight is 839 g/mol. The molecule has 322 valence electrons. The minimum absolute atomic E-state index is 0.107. The maximum absolute atomic E-state index is 12.5. The van der Waals surface area contributed by atoms with Gasteiger partial charge in [0.25, 0.3) is 0 Å². The van der Waals surface area contributed by atoms with Crippen molar-refractivity contribution < 1.29 is 44.1 Å². The van der Waals surface area contributed by atoms with Crippen LogP contribution in [0.25, 0.3) is 23.3 Å². The van der Waals surface area contributed by atoms with E-state index in [9.17, 15) is 20.4 Å². The van der Waals surface area contributed by atoms with Crippen LogP contribution < -0.4 is 44.8 Å². The van der Waals surface area contributed by atoms with Crippen LogP contribution in [0.3, 0.4) is 0 Å². The van der Waals surface area contributed by atoms with E-state index < -0.39 is 18.2 Å². The van der Waals surface area contributed by atoms with Gasteiger partial charge in [0.15, 0.2) is 17.7 Å². The molecule has 6 N–H and O–H groups in total. The Morgan fingerprint density at radius 1 is 0.806 bits per heavy atom. The molecule has 2 aliphatic heterocycles. The number of rotatable bonds is 13. The van der Waals surface area contributed by atoms with E-state index in [-0.39, 0.29) is 55.1 Å². The lowest BCUT2D eigenvalue weighted by Crippen LogP contribution is -2.39. The molecule has 3 aliphatic carbocycles. The second-order valence-electron chi connectivity index (χ2n) is 17.3. The molecule has 0 spiro atoms. The summed E-state index contributed by atoms with van der Waals surface area (Å²) in [6, 6.07) is 26.2. The number of phenolic OH excluding ortho intramolecular Hbond substituents is 1. The van der Waals surface area contributed by atoms with Crippen molar-refractivity contribution in [3.05, 3.63) is 123 Å². The number of aliphatic hydroxyl groups excluding tert-OH is 3. The van der Waals surface area contributed by atoms with Crippen molar-refractivity contribution in [1.82, 2.24) is 5.32 Å². The van der Waals surface area contributed by atoms with Gasteiger partial charge in [-0.25, -0.2) is 0 Å². The topological polar surface area (TPSA) is 151 Å². The minimum atomic E-state index is -1.04. The Balaban J connectivity index is 0.980. The molecular weight excluding hydrogens is 785 g/mol. The van der Waals surface area contributed by atoms with Crippen molar-refractivity contribution in [1.29, 1.82) is 0 Å². The van der Waals surface area contributed by atoms with Crippen molar-refractivity contribution in [2.24, 2.45) is 17.8 Å². The first-order chi connectivity index (χ1) is 30.3. The third-order valence-corrected chi connectivity index (χ3v) is 14.2. The zero-order valence-corrected chi connectivity index (χ0v) is 35.3. The molecule has 0 amide bonds. The van der Waals surface area contributed by atoms with Crippen LogP contribution >= 0.6 is 0 Å². The van der Waals surface area contributed by atoms with Gasteiger partial charge in [0.2, 0.25) is 5.75 Å². The minimum Gasteiger partial charge on any atom is -0.502 e. The molecule has 1 saturated carbocycles. The third kappa shape index (κ3) is 6.56. The van der Waals surface area contributed by atoms with Crippen LogP contribution in [0.15, 0.2) is 78.9 Å². The summed E-state index contributed by atoms with van der Waals surface area (Å²) in [5.74, 6) is 1.80. The van der Waals surface area contributed by atoms with E-state index in [2.05, 4.69) is 71.3 Å². The van der Waals surface area contributed by atoms with Crippen LogP contribution in [0.4, 0.5) is 5.69 Å². The van der Waals surface area contributed by atoms with Crippen LogP contribution in [0.1, 0.15) is 71.4 Å². The summed E-state index contributed by atoms with van der Waals surface area (Å²) in [6.45, 7) is 3.17. The quantitative estimate of drug-likeness (QED) is 0.0615. The van der Waals surface area contributed by atoms with Crippen molar-refractivity contribution in [3.8, 4) is 45.6 Å². The van der Waals surface area contributed by atoms with E-state index in [4.69, 9.17) is 23.7 Å². The molecule has 11 heteroatoms. The summed E-state index contributed by atoms with van der Waals surface area (Å²) in [5, 5.41) is 55.6. The van der Waals surface area contributed by atoms with Crippen LogP contribution in [0, 0.1) is 17.8 Å². The number of anilines is 1. The van der Waals surface area contributed by atoms with E-state index in [0.717, 1.165) is 41.6 Å². The van der Waals surface area contributed by atoms with Crippen molar-refractivity contribution in [2.75, 3.05) is 52.6 Å². The number of benzene rings is 5. The summed E-state index contributed by atoms with van der Waals surface area (Å²) >= 11 is 0. The lowest BCUT2D eigenvalue weighted by molar-refractivity contribution is 0.0866. The van der Waals surface area contributed by atoms with Gasteiger partial charge in [-0.1, -0.05) is 73.7 Å². The second kappa shape index (κ2) is 16.2. The number of hydrogen-bond donors (Lipinski definition) is 6.